The van der Waals surface area contributed by atoms with Crippen LogP contribution in [0.4, 0.5) is 0 Å². The monoisotopic (exact) mass is 286 g/mol. The van der Waals surface area contributed by atoms with E-state index in [0.717, 1.165) is 0 Å². The third-order valence-corrected chi connectivity index (χ3v) is 1.000. The summed E-state index contributed by atoms with van der Waals surface area (Å²) in [5.41, 5.74) is 0. The zero-order valence-electron chi connectivity index (χ0n) is 4.84. The van der Waals surface area contributed by atoms with Gasteiger partial charge in [0.15, 0.2) is 0 Å². The van der Waals surface area contributed by atoms with Crippen molar-refractivity contribution >= 4 is 34.1 Å². The Balaban J connectivity index is 0.000000144. The van der Waals surface area contributed by atoms with Crippen LogP contribution in [0.15, 0.2) is 0 Å². The molecule has 1 aliphatic rings. The molecule has 0 heterocycles. The van der Waals surface area contributed by atoms with Gasteiger partial charge in [-0.05, 0) is 0 Å². The maximum absolute atomic E-state index is 5.04. The van der Waals surface area contributed by atoms with Gasteiger partial charge in [0.25, 0.3) is 0 Å². The van der Waals surface area contributed by atoms with E-state index in [2.05, 4.69) is 0 Å². The summed E-state index contributed by atoms with van der Waals surface area (Å²) in [7, 11) is 20.1. The number of halogens is 4. The quantitative estimate of drug-likeness (QED) is 0.623. The molecular formula is C4H8Cl4Zr. The fraction of sp³-hybridized carbons (Fsp3) is 1.00. The fourth-order valence-electron chi connectivity index (χ4n) is 0.250. The van der Waals surface area contributed by atoms with Gasteiger partial charge in [-0.3, -0.25) is 0 Å². The molecule has 1 aliphatic carbocycles. The first kappa shape index (κ1) is 11.0. The molecule has 9 heavy (non-hydrogen) atoms. The minimum atomic E-state index is -3.29. The van der Waals surface area contributed by atoms with E-state index in [1.54, 1.807) is 0 Å². The van der Waals surface area contributed by atoms with Crippen molar-refractivity contribution in [1.82, 2.24) is 0 Å². The Morgan fingerprint density at radius 2 is 0.778 bits per heavy atom. The molecule has 0 bridgehead atoms. The Bertz CT molecular complexity index is 55.5. The van der Waals surface area contributed by atoms with E-state index in [4.69, 9.17) is 34.1 Å². The van der Waals surface area contributed by atoms with E-state index in [0.29, 0.717) is 0 Å². The second-order valence-corrected chi connectivity index (χ2v) is 24.2. The van der Waals surface area contributed by atoms with Crippen LogP contribution in [-0.4, -0.2) is 0 Å². The summed E-state index contributed by atoms with van der Waals surface area (Å²) in [5.74, 6) is 0. The zero-order chi connectivity index (χ0) is 7.33. The van der Waals surface area contributed by atoms with Gasteiger partial charge < -0.3 is 0 Å². The third kappa shape index (κ3) is 17.8. The summed E-state index contributed by atoms with van der Waals surface area (Å²) in [5, 5.41) is 0. The molecule has 0 amide bonds. The summed E-state index contributed by atoms with van der Waals surface area (Å²) in [4.78, 5) is 0. The van der Waals surface area contributed by atoms with Crippen molar-refractivity contribution in [1.29, 1.82) is 0 Å². The van der Waals surface area contributed by atoms with Crippen molar-refractivity contribution in [3.8, 4) is 0 Å². The molecule has 1 saturated carbocycles. The molecule has 0 aromatic rings. The Hall–Kier alpha value is 2.04. The summed E-state index contributed by atoms with van der Waals surface area (Å²) < 4.78 is 0. The van der Waals surface area contributed by atoms with Gasteiger partial charge >= 0.3 is 49.5 Å². The third-order valence-electron chi connectivity index (χ3n) is 1.000. The van der Waals surface area contributed by atoms with Gasteiger partial charge in [-0.25, -0.2) is 0 Å². The second-order valence-electron chi connectivity index (χ2n) is 1.84. The van der Waals surface area contributed by atoms with Crippen LogP contribution in [0.5, 0.6) is 0 Å². The average molecular weight is 289 g/mol. The first-order chi connectivity index (χ1) is 4.00. The molecule has 1 fully saturated rings. The Morgan fingerprint density at radius 1 is 0.667 bits per heavy atom. The Morgan fingerprint density at radius 3 is 0.778 bits per heavy atom. The van der Waals surface area contributed by atoms with Crippen LogP contribution in [0.25, 0.3) is 0 Å². The van der Waals surface area contributed by atoms with Gasteiger partial charge in [0.05, 0.1) is 0 Å². The Labute approximate surface area is 74.4 Å². The first-order valence-electron chi connectivity index (χ1n) is 2.76. The van der Waals surface area contributed by atoms with Crippen LogP contribution < -0.4 is 0 Å². The van der Waals surface area contributed by atoms with Crippen molar-refractivity contribution in [2.75, 3.05) is 0 Å². The molecule has 0 nitrogen and oxygen atoms in total. The minimum absolute atomic E-state index is 1.50. The topological polar surface area (TPSA) is 0 Å². The van der Waals surface area contributed by atoms with Crippen molar-refractivity contribution in [2.24, 2.45) is 0 Å². The van der Waals surface area contributed by atoms with Crippen LogP contribution in [0.2, 0.25) is 0 Å². The molecule has 0 unspecified atom stereocenters. The average Bonchev–Trinajstić information content (AvgIpc) is 1.12. The molecule has 0 spiro atoms. The maximum atomic E-state index is 5.04. The van der Waals surface area contributed by atoms with Crippen molar-refractivity contribution in [3.63, 3.8) is 0 Å². The van der Waals surface area contributed by atoms with Gasteiger partial charge in [-0.1, -0.05) is 25.7 Å². The van der Waals surface area contributed by atoms with E-state index >= 15 is 0 Å². The van der Waals surface area contributed by atoms with Gasteiger partial charge in [-0.15, -0.1) is 0 Å². The molecule has 56 valence electrons. The van der Waals surface area contributed by atoms with Gasteiger partial charge in [0.2, 0.25) is 0 Å². The van der Waals surface area contributed by atoms with E-state index in [1.165, 1.54) is 25.7 Å². The van der Waals surface area contributed by atoms with Crippen LogP contribution >= 0.6 is 34.1 Å². The fourth-order valence-corrected chi connectivity index (χ4v) is 0.250. The van der Waals surface area contributed by atoms with Crippen LogP contribution in [0, 0.1) is 0 Å². The normalized spacial score (nSPS) is 17.3. The molecule has 1 rings (SSSR count). The molecule has 5 heteroatoms. The SMILES string of the molecule is C1CCC1.[Cl][Zr]([Cl])([Cl])[Cl]. The van der Waals surface area contributed by atoms with Gasteiger partial charge in [0.1, 0.15) is 0 Å². The van der Waals surface area contributed by atoms with E-state index in [-0.39, 0.29) is 0 Å². The van der Waals surface area contributed by atoms with Crippen LogP contribution in [-0.2, 0) is 15.5 Å². The summed E-state index contributed by atoms with van der Waals surface area (Å²) in [6, 6.07) is 0. The first-order valence-corrected chi connectivity index (χ1v) is 15.4. The van der Waals surface area contributed by atoms with Gasteiger partial charge in [0, 0.05) is 0 Å². The van der Waals surface area contributed by atoms with Crippen molar-refractivity contribution in [2.45, 2.75) is 25.7 Å². The van der Waals surface area contributed by atoms with Crippen LogP contribution in [0.1, 0.15) is 25.7 Å². The second kappa shape index (κ2) is 5.66. The van der Waals surface area contributed by atoms with Crippen LogP contribution in [0.3, 0.4) is 0 Å². The number of hydrogen-bond acceptors (Lipinski definition) is 0. The van der Waals surface area contributed by atoms with E-state index in [1.807, 2.05) is 0 Å². The number of rotatable bonds is 0. The van der Waals surface area contributed by atoms with Gasteiger partial charge in [-0.2, -0.15) is 0 Å². The van der Waals surface area contributed by atoms with Crippen molar-refractivity contribution in [3.05, 3.63) is 0 Å². The summed E-state index contributed by atoms with van der Waals surface area (Å²) in [6.07, 6.45) is 6.00. The molecular weight excluding hydrogens is 281 g/mol. The standard InChI is InChI=1S/C4H8.4ClH.Zr/c1-2-4-3-1;;;;;/h1-4H2;4*1H;/q;;;;;+4/p-4. The van der Waals surface area contributed by atoms with Crippen molar-refractivity contribution < 1.29 is 15.5 Å². The molecule has 0 aliphatic heterocycles. The Kier molecular flexibility index (Phi) is 6.95. The predicted molar refractivity (Wildman–Crippen MR) is 41.9 cm³/mol. The van der Waals surface area contributed by atoms with E-state index < -0.39 is 15.5 Å². The molecule has 0 radical (unpaired) electrons. The van der Waals surface area contributed by atoms with E-state index in [9.17, 15) is 0 Å². The molecule has 0 aromatic carbocycles. The summed E-state index contributed by atoms with van der Waals surface area (Å²) in [6.45, 7) is 0. The molecule has 0 N–H and O–H groups in total. The molecule has 0 atom stereocenters. The summed E-state index contributed by atoms with van der Waals surface area (Å²) >= 11 is -3.29. The zero-order valence-corrected chi connectivity index (χ0v) is 10.3. The predicted octanol–water partition coefficient (Wildman–Crippen LogP) is 4.32. The molecule has 0 aromatic heterocycles. The molecule has 0 saturated heterocycles. The number of hydrogen-bond donors (Lipinski definition) is 0.